The van der Waals surface area contributed by atoms with E-state index < -0.39 is 0 Å². The number of halogens is 1. The zero-order chi connectivity index (χ0) is 26.2. The van der Waals surface area contributed by atoms with Crippen LogP contribution < -0.4 is 18.9 Å². The second kappa shape index (κ2) is 13.7. The van der Waals surface area contributed by atoms with Crippen molar-refractivity contribution in [2.24, 2.45) is 4.99 Å². The molecule has 0 atom stereocenters. The van der Waals surface area contributed by atoms with Crippen LogP contribution in [0.15, 0.2) is 96.0 Å². The lowest BCUT2D eigenvalue weighted by Crippen LogP contribution is -2.15. The molecule has 0 unspecified atom stereocenters. The molecular formula is C33H34ClNO4. The van der Waals surface area contributed by atoms with Crippen LogP contribution in [-0.4, -0.2) is 26.5 Å². The Kier molecular flexibility index (Phi) is 9.87. The fourth-order valence-corrected chi connectivity index (χ4v) is 4.68. The molecule has 0 radical (unpaired) electrons. The molecule has 39 heavy (non-hydrogen) atoms. The minimum atomic E-state index is 0. The molecule has 202 valence electrons. The van der Waals surface area contributed by atoms with Gasteiger partial charge in [-0.1, -0.05) is 66.7 Å². The van der Waals surface area contributed by atoms with E-state index in [4.69, 9.17) is 23.9 Å². The number of ether oxygens (including phenoxy) is 4. The van der Waals surface area contributed by atoms with Gasteiger partial charge in [0.25, 0.3) is 0 Å². The van der Waals surface area contributed by atoms with Crippen molar-refractivity contribution in [3.05, 3.63) is 119 Å². The van der Waals surface area contributed by atoms with Gasteiger partial charge in [-0.3, -0.25) is 4.99 Å². The van der Waals surface area contributed by atoms with Crippen LogP contribution in [0.1, 0.15) is 34.2 Å². The quantitative estimate of drug-likeness (QED) is 0.200. The van der Waals surface area contributed by atoms with E-state index in [1.165, 1.54) is 11.1 Å². The summed E-state index contributed by atoms with van der Waals surface area (Å²) >= 11 is 0. The second-order valence-corrected chi connectivity index (χ2v) is 9.27. The summed E-state index contributed by atoms with van der Waals surface area (Å²) in [6.07, 6.45) is 2.57. The Morgan fingerprint density at radius 3 is 1.87 bits per heavy atom. The van der Waals surface area contributed by atoms with Gasteiger partial charge >= 0.3 is 0 Å². The van der Waals surface area contributed by atoms with E-state index in [0.717, 1.165) is 71.2 Å². The Balaban J connectivity index is 0.00000353. The van der Waals surface area contributed by atoms with Gasteiger partial charge < -0.3 is 18.9 Å². The van der Waals surface area contributed by atoms with E-state index in [-0.39, 0.29) is 12.4 Å². The number of benzene rings is 4. The minimum Gasteiger partial charge on any atom is -0.493 e. The zero-order valence-electron chi connectivity index (χ0n) is 22.4. The fraction of sp³-hybridized carbons (Fsp3) is 0.242. The van der Waals surface area contributed by atoms with E-state index in [9.17, 15) is 0 Å². The van der Waals surface area contributed by atoms with Crippen LogP contribution in [0.2, 0.25) is 0 Å². The first kappa shape index (κ1) is 28.1. The van der Waals surface area contributed by atoms with Crippen LogP contribution in [0.25, 0.3) is 0 Å². The maximum atomic E-state index is 6.18. The third kappa shape index (κ3) is 7.12. The highest BCUT2D eigenvalue weighted by molar-refractivity contribution is 6.03. The standard InChI is InChI=1S/C33H33NO4.ClH/c1-35-31-19-24(14-16-30(31)37-22-25-9-5-3-6-10-25)13-15-29-28-21-33(38-23-26-11-7-4-8-12-26)32(36-2)20-27(28)17-18-34-29;/h3-12,14,16,19-21H,13,15,17-18,22-23H2,1-2H3;1H. The van der Waals surface area contributed by atoms with Gasteiger partial charge in [-0.2, -0.15) is 0 Å². The number of nitrogens with zero attached hydrogens (tertiary/aromatic N) is 1. The van der Waals surface area contributed by atoms with Crippen LogP contribution in [-0.2, 0) is 26.1 Å². The predicted molar refractivity (Wildman–Crippen MR) is 158 cm³/mol. The van der Waals surface area contributed by atoms with Gasteiger partial charge in [-0.25, -0.2) is 0 Å². The van der Waals surface area contributed by atoms with Gasteiger partial charge in [0.2, 0.25) is 0 Å². The van der Waals surface area contributed by atoms with Crippen molar-refractivity contribution >= 4 is 18.1 Å². The van der Waals surface area contributed by atoms with Crippen LogP contribution in [0.3, 0.4) is 0 Å². The summed E-state index contributed by atoms with van der Waals surface area (Å²) < 4.78 is 23.5. The molecule has 6 heteroatoms. The number of methoxy groups -OCH3 is 2. The summed E-state index contributed by atoms with van der Waals surface area (Å²) in [6, 6.07) is 30.7. The topological polar surface area (TPSA) is 49.3 Å². The number of hydrogen-bond donors (Lipinski definition) is 0. The second-order valence-electron chi connectivity index (χ2n) is 9.27. The van der Waals surface area contributed by atoms with Gasteiger partial charge in [0, 0.05) is 17.8 Å². The first-order chi connectivity index (χ1) is 18.7. The largest absolute Gasteiger partial charge is 0.493 e. The number of hydrogen-bond acceptors (Lipinski definition) is 5. The Morgan fingerprint density at radius 1 is 0.615 bits per heavy atom. The Labute approximate surface area is 236 Å². The van der Waals surface area contributed by atoms with E-state index in [1.807, 2.05) is 42.5 Å². The molecular weight excluding hydrogens is 510 g/mol. The predicted octanol–water partition coefficient (Wildman–Crippen LogP) is 7.26. The van der Waals surface area contributed by atoms with Crippen LogP contribution in [0, 0.1) is 0 Å². The van der Waals surface area contributed by atoms with Crippen LogP contribution >= 0.6 is 12.4 Å². The summed E-state index contributed by atoms with van der Waals surface area (Å²) in [5, 5.41) is 0. The van der Waals surface area contributed by atoms with Crippen molar-refractivity contribution in [2.75, 3.05) is 20.8 Å². The highest BCUT2D eigenvalue weighted by Gasteiger charge is 2.19. The number of aryl methyl sites for hydroxylation is 1. The molecule has 0 spiro atoms. The summed E-state index contributed by atoms with van der Waals surface area (Å²) in [5.74, 6) is 2.99. The Hall–Kier alpha value is -3.96. The third-order valence-corrected chi connectivity index (χ3v) is 6.74. The average Bonchev–Trinajstić information content (AvgIpc) is 2.98. The van der Waals surface area contributed by atoms with Gasteiger partial charge in [0.1, 0.15) is 13.2 Å². The molecule has 0 aliphatic carbocycles. The molecule has 5 rings (SSSR count). The summed E-state index contributed by atoms with van der Waals surface area (Å²) in [6.45, 7) is 1.77. The Bertz CT molecular complexity index is 1390. The molecule has 4 aromatic rings. The number of fused-ring (bicyclic) bond motifs is 1. The lowest BCUT2D eigenvalue weighted by Gasteiger charge is -2.21. The summed E-state index contributed by atoms with van der Waals surface area (Å²) in [7, 11) is 3.37. The lowest BCUT2D eigenvalue weighted by atomic mass is 9.93. The third-order valence-electron chi connectivity index (χ3n) is 6.74. The van der Waals surface area contributed by atoms with E-state index in [0.29, 0.717) is 13.2 Å². The normalized spacial score (nSPS) is 12.0. The van der Waals surface area contributed by atoms with Crippen molar-refractivity contribution in [3.8, 4) is 23.0 Å². The highest BCUT2D eigenvalue weighted by atomic mass is 35.5. The van der Waals surface area contributed by atoms with Gasteiger partial charge in [-0.15, -0.1) is 12.4 Å². The van der Waals surface area contributed by atoms with Crippen molar-refractivity contribution in [1.82, 2.24) is 0 Å². The molecule has 0 saturated carbocycles. The van der Waals surface area contributed by atoms with E-state index >= 15 is 0 Å². The number of rotatable bonds is 11. The van der Waals surface area contributed by atoms with Gasteiger partial charge in [0.15, 0.2) is 23.0 Å². The SMILES string of the molecule is COc1cc(CCC2=NCCc3cc(OC)c(OCc4ccccc4)cc32)ccc1OCc1ccccc1.Cl. The Morgan fingerprint density at radius 2 is 1.23 bits per heavy atom. The lowest BCUT2D eigenvalue weighted by molar-refractivity contribution is 0.284. The molecule has 1 aliphatic heterocycles. The van der Waals surface area contributed by atoms with Crippen molar-refractivity contribution < 1.29 is 18.9 Å². The molecule has 0 fully saturated rings. The number of aliphatic imine (C=N–C) groups is 1. The smallest absolute Gasteiger partial charge is 0.162 e. The maximum absolute atomic E-state index is 6.18. The average molecular weight is 544 g/mol. The van der Waals surface area contributed by atoms with Crippen molar-refractivity contribution in [2.45, 2.75) is 32.5 Å². The molecule has 0 N–H and O–H groups in total. The van der Waals surface area contributed by atoms with Crippen molar-refractivity contribution in [1.29, 1.82) is 0 Å². The van der Waals surface area contributed by atoms with E-state index in [2.05, 4.69) is 48.5 Å². The first-order valence-corrected chi connectivity index (χ1v) is 13.0. The molecule has 0 saturated heterocycles. The first-order valence-electron chi connectivity index (χ1n) is 13.0. The van der Waals surface area contributed by atoms with E-state index in [1.54, 1.807) is 14.2 Å². The van der Waals surface area contributed by atoms with Crippen molar-refractivity contribution in [3.63, 3.8) is 0 Å². The summed E-state index contributed by atoms with van der Waals surface area (Å²) in [4.78, 5) is 4.89. The molecule has 0 aromatic heterocycles. The highest BCUT2D eigenvalue weighted by Crippen LogP contribution is 2.35. The monoisotopic (exact) mass is 543 g/mol. The molecule has 0 amide bonds. The van der Waals surface area contributed by atoms with Crippen LogP contribution in [0.4, 0.5) is 0 Å². The van der Waals surface area contributed by atoms with Gasteiger partial charge in [-0.05, 0) is 65.8 Å². The zero-order valence-corrected chi connectivity index (χ0v) is 23.2. The molecule has 4 aromatic carbocycles. The fourth-order valence-electron chi connectivity index (χ4n) is 4.68. The molecule has 1 heterocycles. The molecule has 1 aliphatic rings. The molecule has 0 bridgehead atoms. The minimum absolute atomic E-state index is 0. The molecule has 5 nitrogen and oxygen atoms in total. The maximum Gasteiger partial charge on any atom is 0.162 e. The summed E-state index contributed by atoms with van der Waals surface area (Å²) in [5.41, 5.74) is 6.92. The van der Waals surface area contributed by atoms with Gasteiger partial charge in [0.05, 0.1) is 14.2 Å². The van der Waals surface area contributed by atoms with Crippen LogP contribution in [0.5, 0.6) is 23.0 Å².